The van der Waals surface area contributed by atoms with Gasteiger partial charge in [0.15, 0.2) is 0 Å². The van der Waals surface area contributed by atoms with Crippen molar-refractivity contribution in [1.82, 2.24) is 5.16 Å². The Morgan fingerprint density at radius 2 is 2.24 bits per heavy atom. The van der Waals surface area contributed by atoms with E-state index in [0.717, 1.165) is 0 Å². The first-order chi connectivity index (χ1) is 8.02. The second-order valence-electron chi connectivity index (χ2n) is 3.27. The molecule has 17 heavy (non-hydrogen) atoms. The van der Waals surface area contributed by atoms with Crippen LogP contribution in [-0.2, 0) is 0 Å². The maximum Gasteiger partial charge on any atom is 0.341 e. The molecule has 0 aliphatic rings. The molecule has 2 aromatic rings. The van der Waals surface area contributed by atoms with Gasteiger partial charge in [-0.2, -0.15) is 0 Å². The molecular formula is C10H7F2NO4. The summed E-state index contributed by atoms with van der Waals surface area (Å²) in [6.45, 7) is 1.57. The van der Waals surface area contributed by atoms with Crippen molar-refractivity contribution in [2.24, 2.45) is 0 Å². The number of carboxylic acid groups (broad SMARTS) is 1. The minimum absolute atomic E-state index is 0.154. The number of aryl methyl sites for hydroxylation is 1. The number of aromatic carboxylic acids is 1. The van der Waals surface area contributed by atoms with Gasteiger partial charge >= 0.3 is 5.97 Å². The van der Waals surface area contributed by atoms with Crippen LogP contribution in [0.5, 0.6) is 0 Å². The standard InChI is InChI=1S/C10H7F2NO4/c1-4-5(2-3-16-4)7-6(10(14)15)8(9(11)12)17-13-7/h2-3,9H,1H3,(H,14,15). The maximum atomic E-state index is 12.5. The van der Waals surface area contributed by atoms with E-state index in [-0.39, 0.29) is 5.69 Å². The summed E-state index contributed by atoms with van der Waals surface area (Å²) in [6, 6.07) is 1.44. The molecule has 0 unspecified atom stereocenters. The van der Waals surface area contributed by atoms with Crippen LogP contribution in [0.1, 0.15) is 28.3 Å². The van der Waals surface area contributed by atoms with Crippen molar-refractivity contribution in [2.75, 3.05) is 0 Å². The highest BCUT2D eigenvalue weighted by Gasteiger charge is 2.30. The Bertz CT molecular complexity index is 558. The summed E-state index contributed by atoms with van der Waals surface area (Å²) in [6.07, 6.45) is -1.72. The molecule has 0 atom stereocenters. The molecule has 0 fully saturated rings. The lowest BCUT2D eigenvalue weighted by molar-refractivity contribution is 0.0670. The molecule has 0 amide bonds. The van der Waals surface area contributed by atoms with E-state index in [9.17, 15) is 13.6 Å². The zero-order valence-electron chi connectivity index (χ0n) is 8.61. The van der Waals surface area contributed by atoms with Gasteiger partial charge in [0.1, 0.15) is 17.0 Å². The van der Waals surface area contributed by atoms with Crippen molar-refractivity contribution in [3.8, 4) is 11.3 Å². The zero-order chi connectivity index (χ0) is 12.6. The third-order valence-electron chi connectivity index (χ3n) is 2.24. The van der Waals surface area contributed by atoms with Crippen molar-refractivity contribution in [1.29, 1.82) is 0 Å². The highest BCUT2D eigenvalue weighted by molar-refractivity contribution is 5.96. The smallest absolute Gasteiger partial charge is 0.341 e. The number of hydrogen-bond donors (Lipinski definition) is 1. The van der Waals surface area contributed by atoms with E-state index in [2.05, 4.69) is 9.68 Å². The van der Waals surface area contributed by atoms with Gasteiger partial charge in [0.25, 0.3) is 6.43 Å². The lowest BCUT2D eigenvalue weighted by Crippen LogP contribution is -2.01. The number of aromatic nitrogens is 1. The largest absolute Gasteiger partial charge is 0.477 e. The molecule has 0 saturated heterocycles. The van der Waals surface area contributed by atoms with Gasteiger partial charge in [-0.15, -0.1) is 0 Å². The van der Waals surface area contributed by atoms with Gasteiger partial charge in [0.2, 0.25) is 5.76 Å². The SMILES string of the molecule is Cc1occc1-c1noc(C(F)F)c1C(=O)O. The number of nitrogens with zero attached hydrogens (tertiary/aromatic N) is 1. The van der Waals surface area contributed by atoms with Gasteiger partial charge in [0.05, 0.1) is 6.26 Å². The molecule has 0 aromatic carbocycles. The molecule has 90 valence electrons. The Kier molecular flexibility index (Phi) is 2.66. The second kappa shape index (κ2) is 4.00. The van der Waals surface area contributed by atoms with E-state index in [1.807, 2.05) is 0 Å². The Hall–Kier alpha value is -2.18. The van der Waals surface area contributed by atoms with Crippen molar-refractivity contribution < 1.29 is 27.6 Å². The molecule has 0 aliphatic carbocycles. The van der Waals surface area contributed by atoms with Crippen LogP contribution in [0.3, 0.4) is 0 Å². The molecule has 2 heterocycles. The molecular weight excluding hydrogens is 236 g/mol. The maximum absolute atomic E-state index is 12.5. The number of carbonyl (C=O) groups is 1. The minimum Gasteiger partial charge on any atom is -0.477 e. The summed E-state index contributed by atoms with van der Waals surface area (Å²) in [4.78, 5) is 11.0. The van der Waals surface area contributed by atoms with Gasteiger partial charge < -0.3 is 14.0 Å². The number of rotatable bonds is 3. The van der Waals surface area contributed by atoms with Crippen molar-refractivity contribution in [2.45, 2.75) is 13.3 Å². The lowest BCUT2D eigenvalue weighted by Gasteiger charge is -1.97. The van der Waals surface area contributed by atoms with E-state index in [1.54, 1.807) is 6.92 Å². The summed E-state index contributed by atoms with van der Waals surface area (Å²) in [5.74, 6) is -2.09. The Balaban J connectivity index is 2.64. The third kappa shape index (κ3) is 1.79. The van der Waals surface area contributed by atoms with Gasteiger partial charge in [-0.05, 0) is 13.0 Å². The van der Waals surface area contributed by atoms with Crippen LogP contribution in [0.25, 0.3) is 11.3 Å². The average Bonchev–Trinajstić information content (AvgIpc) is 2.82. The Labute approximate surface area is 93.6 Å². The first-order valence-corrected chi connectivity index (χ1v) is 4.57. The minimum atomic E-state index is -3.03. The zero-order valence-corrected chi connectivity index (χ0v) is 8.61. The van der Waals surface area contributed by atoms with Gasteiger partial charge in [-0.25, -0.2) is 13.6 Å². The lowest BCUT2D eigenvalue weighted by atomic mass is 10.1. The van der Waals surface area contributed by atoms with E-state index < -0.39 is 23.7 Å². The molecule has 7 heteroatoms. The summed E-state index contributed by atoms with van der Waals surface area (Å²) < 4.78 is 34.4. The van der Waals surface area contributed by atoms with Crippen LogP contribution < -0.4 is 0 Å². The first-order valence-electron chi connectivity index (χ1n) is 4.57. The van der Waals surface area contributed by atoms with E-state index in [0.29, 0.717) is 11.3 Å². The van der Waals surface area contributed by atoms with Crippen molar-refractivity contribution in [3.05, 3.63) is 29.4 Å². The number of furan rings is 1. The van der Waals surface area contributed by atoms with Crippen molar-refractivity contribution in [3.63, 3.8) is 0 Å². The number of hydrogen-bond acceptors (Lipinski definition) is 4. The summed E-state index contributed by atoms with van der Waals surface area (Å²) in [7, 11) is 0. The predicted molar refractivity (Wildman–Crippen MR) is 50.9 cm³/mol. The number of alkyl halides is 2. The molecule has 0 bridgehead atoms. The molecule has 5 nitrogen and oxygen atoms in total. The summed E-state index contributed by atoms with van der Waals surface area (Å²) in [5.41, 5.74) is -0.471. The van der Waals surface area contributed by atoms with E-state index in [4.69, 9.17) is 9.52 Å². The fourth-order valence-electron chi connectivity index (χ4n) is 1.47. The molecule has 1 N–H and O–H groups in total. The van der Waals surface area contributed by atoms with Crippen LogP contribution in [0.4, 0.5) is 8.78 Å². The highest BCUT2D eigenvalue weighted by Crippen LogP contribution is 2.33. The fourth-order valence-corrected chi connectivity index (χ4v) is 1.47. The van der Waals surface area contributed by atoms with Gasteiger partial charge in [-0.1, -0.05) is 5.16 Å². The predicted octanol–water partition coefficient (Wildman–Crippen LogP) is 2.88. The topological polar surface area (TPSA) is 76.5 Å². The molecule has 0 radical (unpaired) electrons. The Morgan fingerprint density at radius 3 is 2.71 bits per heavy atom. The molecule has 2 rings (SSSR count). The molecule has 2 aromatic heterocycles. The second-order valence-corrected chi connectivity index (χ2v) is 3.27. The first kappa shape index (κ1) is 11.3. The summed E-state index contributed by atoms with van der Waals surface area (Å²) in [5, 5.41) is 12.3. The normalized spacial score (nSPS) is 11.1. The van der Waals surface area contributed by atoms with E-state index in [1.165, 1.54) is 12.3 Å². The van der Waals surface area contributed by atoms with Crippen LogP contribution >= 0.6 is 0 Å². The average molecular weight is 243 g/mol. The number of halogens is 2. The third-order valence-corrected chi connectivity index (χ3v) is 2.24. The van der Waals surface area contributed by atoms with Crippen LogP contribution in [0, 0.1) is 6.92 Å². The van der Waals surface area contributed by atoms with Crippen LogP contribution in [0.2, 0.25) is 0 Å². The molecule has 0 aliphatic heterocycles. The van der Waals surface area contributed by atoms with Gasteiger partial charge in [-0.3, -0.25) is 0 Å². The highest BCUT2D eigenvalue weighted by atomic mass is 19.3. The quantitative estimate of drug-likeness (QED) is 0.896. The Morgan fingerprint density at radius 1 is 1.53 bits per heavy atom. The van der Waals surface area contributed by atoms with Crippen LogP contribution in [0.15, 0.2) is 21.3 Å². The molecule has 0 spiro atoms. The number of carboxylic acids is 1. The van der Waals surface area contributed by atoms with Gasteiger partial charge in [0, 0.05) is 5.56 Å². The monoisotopic (exact) mass is 243 g/mol. The van der Waals surface area contributed by atoms with Crippen LogP contribution in [-0.4, -0.2) is 16.2 Å². The van der Waals surface area contributed by atoms with E-state index >= 15 is 0 Å². The fraction of sp³-hybridized carbons (Fsp3) is 0.200. The molecule has 0 saturated carbocycles. The summed E-state index contributed by atoms with van der Waals surface area (Å²) >= 11 is 0. The van der Waals surface area contributed by atoms with Crippen molar-refractivity contribution >= 4 is 5.97 Å².